The number of hydrogen-bond donors (Lipinski definition) is 0. The van der Waals surface area contributed by atoms with Crippen molar-refractivity contribution < 1.29 is 0 Å². The Hall–Kier alpha value is -3.78. The standard InChI is InChI=1S/C27H22N2/c1-21-12-14-24(15-13-21)26-18-25(28-19-22-8-4-2-5-9-22)16-17-27(26)29-20-23-10-6-3-7-11-23/h2-20H,1H3. The first-order chi connectivity index (χ1) is 14.3. The second-order valence-electron chi connectivity index (χ2n) is 6.91. The molecule has 0 N–H and O–H groups in total. The fraction of sp³-hybridized carbons (Fsp3) is 0.0370. The first-order valence-electron chi connectivity index (χ1n) is 9.67. The number of nitrogens with zero attached hydrogens (tertiary/aromatic N) is 2. The highest BCUT2D eigenvalue weighted by atomic mass is 14.7. The van der Waals surface area contributed by atoms with E-state index in [0.29, 0.717) is 0 Å². The van der Waals surface area contributed by atoms with Gasteiger partial charge in [0, 0.05) is 18.0 Å². The lowest BCUT2D eigenvalue weighted by molar-refractivity contribution is 1.44. The molecule has 0 radical (unpaired) electrons. The van der Waals surface area contributed by atoms with Crippen molar-refractivity contribution in [2.75, 3.05) is 0 Å². The molecule has 2 nitrogen and oxygen atoms in total. The Labute approximate surface area is 171 Å². The van der Waals surface area contributed by atoms with E-state index in [-0.39, 0.29) is 0 Å². The summed E-state index contributed by atoms with van der Waals surface area (Å²) in [5.41, 5.74) is 7.43. The SMILES string of the molecule is Cc1ccc(-c2cc(N=Cc3ccccc3)ccc2N=Cc2ccccc2)cc1. The second kappa shape index (κ2) is 8.94. The average Bonchev–Trinajstić information content (AvgIpc) is 2.78. The molecule has 4 rings (SSSR count). The molecular weight excluding hydrogens is 352 g/mol. The molecule has 0 heterocycles. The van der Waals surface area contributed by atoms with Gasteiger partial charge in [-0.25, -0.2) is 0 Å². The number of hydrogen-bond acceptors (Lipinski definition) is 2. The monoisotopic (exact) mass is 374 g/mol. The first-order valence-corrected chi connectivity index (χ1v) is 9.67. The summed E-state index contributed by atoms with van der Waals surface area (Å²) in [6, 6.07) is 34.9. The van der Waals surface area contributed by atoms with Crippen LogP contribution in [0.25, 0.3) is 11.1 Å². The first kappa shape index (κ1) is 18.6. The van der Waals surface area contributed by atoms with Crippen LogP contribution in [0.1, 0.15) is 16.7 Å². The maximum Gasteiger partial charge on any atom is 0.0709 e. The molecular formula is C27H22N2. The van der Waals surface area contributed by atoms with E-state index >= 15 is 0 Å². The van der Waals surface area contributed by atoms with E-state index in [1.807, 2.05) is 85.2 Å². The summed E-state index contributed by atoms with van der Waals surface area (Å²) in [6.07, 6.45) is 3.79. The van der Waals surface area contributed by atoms with E-state index in [4.69, 9.17) is 4.99 Å². The van der Waals surface area contributed by atoms with E-state index in [1.54, 1.807) is 0 Å². The minimum absolute atomic E-state index is 0.906. The van der Waals surface area contributed by atoms with Gasteiger partial charge in [0.1, 0.15) is 0 Å². The van der Waals surface area contributed by atoms with Crippen LogP contribution in [0.15, 0.2) is 113 Å². The lowest BCUT2D eigenvalue weighted by Crippen LogP contribution is -1.84. The molecule has 0 spiro atoms. The summed E-state index contributed by atoms with van der Waals surface area (Å²) in [6.45, 7) is 2.10. The molecule has 29 heavy (non-hydrogen) atoms. The fourth-order valence-electron chi connectivity index (χ4n) is 3.05. The Bertz CT molecular complexity index is 1130. The Morgan fingerprint density at radius 2 is 1.17 bits per heavy atom. The molecule has 0 amide bonds. The summed E-state index contributed by atoms with van der Waals surface area (Å²) in [4.78, 5) is 9.42. The topological polar surface area (TPSA) is 24.7 Å². The third-order valence-electron chi connectivity index (χ3n) is 4.66. The number of benzene rings is 4. The summed E-state index contributed by atoms with van der Waals surface area (Å²) in [7, 11) is 0. The van der Waals surface area contributed by atoms with Crippen LogP contribution in [-0.4, -0.2) is 12.4 Å². The van der Waals surface area contributed by atoms with Crippen LogP contribution in [0.3, 0.4) is 0 Å². The molecule has 0 aliphatic rings. The van der Waals surface area contributed by atoms with Gasteiger partial charge >= 0.3 is 0 Å². The van der Waals surface area contributed by atoms with Gasteiger partial charge in [-0.1, -0.05) is 90.5 Å². The molecule has 0 bridgehead atoms. The molecule has 0 saturated carbocycles. The molecule has 4 aromatic rings. The fourth-order valence-corrected chi connectivity index (χ4v) is 3.05. The van der Waals surface area contributed by atoms with Gasteiger partial charge in [0.2, 0.25) is 0 Å². The highest BCUT2D eigenvalue weighted by Gasteiger charge is 2.06. The largest absolute Gasteiger partial charge is 0.256 e. The van der Waals surface area contributed by atoms with E-state index in [1.165, 1.54) is 5.56 Å². The molecule has 2 heteroatoms. The van der Waals surface area contributed by atoms with E-state index in [0.717, 1.165) is 33.6 Å². The lowest BCUT2D eigenvalue weighted by atomic mass is 10.0. The number of aryl methyl sites for hydroxylation is 1. The van der Waals surface area contributed by atoms with Crippen LogP contribution in [0.5, 0.6) is 0 Å². The molecule has 0 fully saturated rings. The third kappa shape index (κ3) is 4.94. The molecule has 4 aromatic carbocycles. The Morgan fingerprint density at radius 1 is 0.586 bits per heavy atom. The van der Waals surface area contributed by atoms with Crippen molar-refractivity contribution in [3.63, 3.8) is 0 Å². The molecule has 140 valence electrons. The lowest BCUT2D eigenvalue weighted by Gasteiger charge is -2.08. The Kier molecular flexibility index (Phi) is 5.73. The van der Waals surface area contributed by atoms with Crippen molar-refractivity contribution >= 4 is 23.8 Å². The quantitative estimate of drug-likeness (QED) is 0.331. The summed E-state index contributed by atoms with van der Waals surface area (Å²) < 4.78 is 0. The zero-order valence-corrected chi connectivity index (χ0v) is 16.4. The van der Waals surface area contributed by atoms with Crippen LogP contribution in [0.2, 0.25) is 0 Å². The van der Waals surface area contributed by atoms with Crippen molar-refractivity contribution in [3.05, 3.63) is 120 Å². The zero-order valence-electron chi connectivity index (χ0n) is 16.4. The van der Waals surface area contributed by atoms with Crippen LogP contribution < -0.4 is 0 Å². The van der Waals surface area contributed by atoms with Crippen molar-refractivity contribution in [2.24, 2.45) is 9.98 Å². The van der Waals surface area contributed by atoms with Crippen molar-refractivity contribution in [2.45, 2.75) is 6.92 Å². The van der Waals surface area contributed by atoms with Crippen LogP contribution in [0, 0.1) is 6.92 Å². The van der Waals surface area contributed by atoms with Gasteiger partial charge in [0.05, 0.1) is 11.4 Å². The predicted molar refractivity (Wildman–Crippen MR) is 124 cm³/mol. The van der Waals surface area contributed by atoms with E-state index in [9.17, 15) is 0 Å². The molecule has 0 saturated heterocycles. The van der Waals surface area contributed by atoms with E-state index in [2.05, 4.69) is 42.2 Å². The van der Waals surface area contributed by atoms with Crippen LogP contribution in [0.4, 0.5) is 11.4 Å². The Morgan fingerprint density at radius 3 is 1.79 bits per heavy atom. The highest BCUT2D eigenvalue weighted by molar-refractivity contribution is 5.88. The summed E-state index contributed by atoms with van der Waals surface area (Å²) in [5, 5.41) is 0. The summed E-state index contributed by atoms with van der Waals surface area (Å²) in [5.74, 6) is 0. The highest BCUT2D eigenvalue weighted by Crippen LogP contribution is 2.34. The number of aliphatic imine (C=N–C) groups is 2. The van der Waals surface area contributed by atoms with Gasteiger partial charge in [0.15, 0.2) is 0 Å². The zero-order chi connectivity index (χ0) is 19.9. The average molecular weight is 374 g/mol. The maximum atomic E-state index is 4.76. The van der Waals surface area contributed by atoms with Crippen molar-refractivity contribution in [3.8, 4) is 11.1 Å². The van der Waals surface area contributed by atoms with Crippen LogP contribution >= 0.6 is 0 Å². The second-order valence-corrected chi connectivity index (χ2v) is 6.91. The Balaban J connectivity index is 1.71. The van der Waals surface area contributed by atoms with Crippen molar-refractivity contribution in [1.82, 2.24) is 0 Å². The maximum absolute atomic E-state index is 4.76. The van der Waals surface area contributed by atoms with Crippen molar-refractivity contribution in [1.29, 1.82) is 0 Å². The van der Waals surface area contributed by atoms with Gasteiger partial charge in [-0.15, -0.1) is 0 Å². The van der Waals surface area contributed by atoms with Gasteiger partial charge in [-0.05, 0) is 41.8 Å². The van der Waals surface area contributed by atoms with Gasteiger partial charge < -0.3 is 0 Å². The molecule has 0 aliphatic carbocycles. The molecule has 0 atom stereocenters. The normalized spacial score (nSPS) is 11.3. The van der Waals surface area contributed by atoms with Gasteiger partial charge in [0.25, 0.3) is 0 Å². The van der Waals surface area contributed by atoms with Gasteiger partial charge in [-0.2, -0.15) is 0 Å². The van der Waals surface area contributed by atoms with E-state index < -0.39 is 0 Å². The van der Waals surface area contributed by atoms with Gasteiger partial charge in [-0.3, -0.25) is 9.98 Å². The summed E-state index contributed by atoms with van der Waals surface area (Å²) >= 11 is 0. The predicted octanol–water partition coefficient (Wildman–Crippen LogP) is 7.16. The minimum Gasteiger partial charge on any atom is -0.256 e. The van der Waals surface area contributed by atoms with Crippen LogP contribution in [-0.2, 0) is 0 Å². The molecule has 0 aromatic heterocycles. The molecule has 0 aliphatic heterocycles. The number of rotatable bonds is 5. The third-order valence-corrected chi connectivity index (χ3v) is 4.66. The molecule has 0 unspecified atom stereocenters. The minimum atomic E-state index is 0.906. The smallest absolute Gasteiger partial charge is 0.0709 e.